The van der Waals surface area contributed by atoms with E-state index >= 15 is 0 Å². The first-order valence-corrected chi connectivity index (χ1v) is 5.15. The van der Waals surface area contributed by atoms with Crippen molar-refractivity contribution in [3.8, 4) is 0 Å². The zero-order valence-electron chi connectivity index (χ0n) is 8.63. The summed E-state index contributed by atoms with van der Waals surface area (Å²) in [5.41, 5.74) is 5.67. The van der Waals surface area contributed by atoms with Gasteiger partial charge in [0.1, 0.15) is 0 Å². The first-order valence-electron chi connectivity index (χ1n) is 5.15. The molecule has 0 aromatic rings. The summed E-state index contributed by atoms with van der Waals surface area (Å²) in [5, 5.41) is 0. The first kappa shape index (κ1) is 10.4. The number of hydrogen-bond donors (Lipinski definition) is 1. The average Bonchev–Trinajstić information content (AvgIpc) is 2.30. The molecule has 13 heavy (non-hydrogen) atoms. The van der Waals surface area contributed by atoms with Gasteiger partial charge in [-0.1, -0.05) is 13.5 Å². The molecular weight excluding hydrogens is 162 g/mol. The second kappa shape index (κ2) is 5.12. The second-order valence-corrected chi connectivity index (χ2v) is 3.67. The van der Waals surface area contributed by atoms with E-state index in [9.17, 15) is 0 Å². The fraction of sp³-hybridized carbons (Fsp3) is 0.800. The Morgan fingerprint density at radius 1 is 1.31 bits per heavy atom. The zero-order chi connectivity index (χ0) is 9.68. The number of rotatable bonds is 3. The van der Waals surface area contributed by atoms with E-state index in [1.165, 1.54) is 25.9 Å². The molecule has 0 bridgehead atoms. The van der Waals surface area contributed by atoms with Gasteiger partial charge in [-0.05, 0) is 25.9 Å². The van der Waals surface area contributed by atoms with Crippen LogP contribution in [0.15, 0.2) is 12.4 Å². The van der Waals surface area contributed by atoms with Gasteiger partial charge in [0.05, 0.1) is 5.82 Å². The summed E-state index contributed by atoms with van der Waals surface area (Å²) in [6.07, 6.45) is 2.44. The Hall–Kier alpha value is -0.700. The summed E-state index contributed by atoms with van der Waals surface area (Å²) < 4.78 is 0. The van der Waals surface area contributed by atoms with Crippen LogP contribution >= 0.6 is 0 Å². The van der Waals surface area contributed by atoms with E-state index in [1.54, 1.807) is 0 Å². The van der Waals surface area contributed by atoms with Crippen LogP contribution in [0, 0.1) is 0 Å². The van der Waals surface area contributed by atoms with Crippen molar-refractivity contribution in [3.63, 3.8) is 0 Å². The van der Waals surface area contributed by atoms with Crippen molar-refractivity contribution in [2.75, 3.05) is 32.7 Å². The molecule has 0 aromatic heterocycles. The lowest BCUT2D eigenvalue weighted by atomic mass is 10.3. The van der Waals surface area contributed by atoms with E-state index in [4.69, 9.17) is 5.73 Å². The minimum atomic E-state index is 0.721. The summed E-state index contributed by atoms with van der Waals surface area (Å²) in [6.45, 7) is 11.7. The van der Waals surface area contributed by atoms with Gasteiger partial charge in [-0.15, -0.1) is 0 Å². The topological polar surface area (TPSA) is 32.5 Å². The molecule has 3 nitrogen and oxygen atoms in total. The fourth-order valence-corrected chi connectivity index (χ4v) is 1.80. The highest BCUT2D eigenvalue weighted by atomic mass is 15.2. The van der Waals surface area contributed by atoms with Crippen LogP contribution in [0.4, 0.5) is 0 Å². The highest BCUT2D eigenvalue weighted by Gasteiger charge is 2.13. The summed E-state index contributed by atoms with van der Waals surface area (Å²) >= 11 is 0. The molecule has 0 spiro atoms. The van der Waals surface area contributed by atoms with E-state index in [-0.39, 0.29) is 0 Å². The Bertz CT molecular complexity index is 168. The SMILES string of the molecule is C=C(N)N1CCCN(CCC)CC1. The molecule has 1 heterocycles. The highest BCUT2D eigenvalue weighted by molar-refractivity contribution is 4.88. The van der Waals surface area contributed by atoms with Gasteiger partial charge in [0.15, 0.2) is 0 Å². The fourth-order valence-electron chi connectivity index (χ4n) is 1.80. The van der Waals surface area contributed by atoms with Gasteiger partial charge < -0.3 is 15.5 Å². The van der Waals surface area contributed by atoms with Crippen molar-refractivity contribution in [2.24, 2.45) is 5.73 Å². The van der Waals surface area contributed by atoms with Crippen molar-refractivity contribution < 1.29 is 0 Å². The number of nitrogens with two attached hydrogens (primary N) is 1. The minimum absolute atomic E-state index is 0.721. The molecule has 76 valence electrons. The molecule has 0 aliphatic carbocycles. The number of hydrogen-bond acceptors (Lipinski definition) is 3. The molecular formula is C10H21N3. The molecule has 1 fully saturated rings. The largest absolute Gasteiger partial charge is 0.386 e. The van der Waals surface area contributed by atoms with Gasteiger partial charge in [-0.25, -0.2) is 0 Å². The molecule has 0 radical (unpaired) electrons. The van der Waals surface area contributed by atoms with Crippen molar-refractivity contribution in [3.05, 3.63) is 12.4 Å². The molecule has 0 aromatic carbocycles. The Kier molecular flexibility index (Phi) is 4.09. The van der Waals surface area contributed by atoms with Gasteiger partial charge in [-0.2, -0.15) is 0 Å². The maximum atomic E-state index is 5.67. The number of nitrogens with zero attached hydrogens (tertiary/aromatic N) is 2. The summed E-state index contributed by atoms with van der Waals surface area (Å²) in [5.74, 6) is 0.721. The van der Waals surface area contributed by atoms with E-state index in [2.05, 4.69) is 23.3 Å². The zero-order valence-corrected chi connectivity index (χ0v) is 8.63. The van der Waals surface area contributed by atoms with Gasteiger partial charge in [-0.3, -0.25) is 0 Å². The molecule has 0 atom stereocenters. The lowest BCUT2D eigenvalue weighted by Crippen LogP contribution is -2.32. The van der Waals surface area contributed by atoms with Crippen LogP contribution in [0.5, 0.6) is 0 Å². The second-order valence-electron chi connectivity index (χ2n) is 3.67. The molecule has 1 aliphatic heterocycles. The van der Waals surface area contributed by atoms with E-state index in [0.717, 1.165) is 25.5 Å². The molecule has 2 N–H and O–H groups in total. The Morgan fingerprint density at radius 2 is 2.08 bits per heavy atom. The summed E-state index contributed by atoms with van der Waals surface area (Å²) in [4.78, 5) is 4.68. The van der Waals surface area contributed by atoms with Gasteiger partial charge in [0.2, 0.25) is 0 Å². The van der Waals surface area contributed by atoms with Gasteiger partial charge in [0, 0.05) is 19.6 Å². The Morgan fingerprint density at radius 3 is 2.69 bits per heavy atom. The predicted octanol–water partition coefficient (Wildman–Crippen LogP) is 0.834. The third-order valence-electron chi connectivity index (χ3n) is 2.53. The molecule has 0 unspecified atom stereocenters. The lowest BCUT2D eigenvalue weighted by molar-refractivity contribution is 0.278. The van der Waals surface area contributed by atoms with E-state index < -0.39 is 0 Å². The Labute approximate surface area is 81.2 Å². The quantitative estimate of drug-likeness (QED) is 0.703. The predicted molar refractivity (Wildman–Crippen MR) is 56.2 cm³/mol. The van der Waals surface area contributed by atoms with Crippen molar-refractivity contribution in [2.45, 2.75) is 19.8 Å². The average molecular weight is 183 g/mol. The summed E-state index contributed by atoms with van der Waals surface area (Å²) in [6, 6.07) is 0. The van der Waals surface area contributed by atoms with Crippen LogP contribution in [0.3, 0.4) is 0 Å². The third kappa shape index (κ3) is 3.27. The standard InChI is InChI=1S/C10H21N3/c1-3-5-12-6-4-7-13(9-8-12)10(2)11/h2-9,11H2,1H3. The van der Waals surface area contributed by atoms with Crippen molar-refractivity contribution in [1.82, 2.24) is 9.80 Å². The summed E-state index contributed by atoms with van der Waals surface area (Å²) in [7, 11) is 0. The molecule has 1 rings (SSSR count). The van der Waals surface area contributed by atoms with Crippen LogP contribution in [0.25, 0.3) is 0 Å². The minimum Gasteiger partial charge on any atom is -0.386 e. The van der Waals surface area contributed by atoms with Gasteiger partial charge in [0.25, 0.3) is 0 Å². The molecule has 0 amide bonds. The van der Waals surface area contributed by atoms with Crippen molar-refractivity contribution >= 4 is 0 Å². The van der Waals surface area contributed by atoms with Crippen LogP contribution < -0.4 is 5.73 Å². The van der Waals surface area contributed by atoms with Crippen LogP contribution in [0.2, 0.25) is 0 Å². The molecule has 0 saturated carbocycles. The monoisotopic (exact) mass is 183 g/mol. The third-order valence-corrected chi connectivity index (χ3v) is 2.53. The van der Waals surface area contributed by atoms with Crippen LogP contribution in [-0.4, -0.2) is 42.5 Å². The van der Waals surface area contributed by atoms with Gasteiger partial charge >= 0.3 is 0 Å². The molecule has 3 heteroatoms. The smallest absolute Gasteiger partial charge is 0.0912 e. The van der Waals surface area contributed by atoms with Crippen LogP contribution in [-0.2, 0) is 0 Å². The van der Waals surface area contributed by atoms with Crippen LogP contribution in [0.1, 0.15) is 19.8 Å². The molecule has 1 aliphatic rings. The van der Waals surface area contributed by atoms with E-state index in [1.807, 2.05) is 0 Å². The van der Waals surface area contributed by atoms with Crippen molar-refractivity contribution in [1.29, 1.82) is 0 Å². The normalized spacial score (nSPS) is 19.9. The maximum absolute atomic E-state index is 5.67. The lowest BCUT2D eigenvalue weighted by Gasteiger charge is -2.22. The van der Waals surface area contributed by atoms with E-state index in [0.29, 0.717) is 0 Å². The highest BCUT2D eigenvalue weighted by Crippen LogP contribution is 2.05. The molecule has 1 saturated heterocycles. The first-order chi connectivity index (χ1) is 6.24. The maximum Gasteiger partial charge on any atom is 0.0912 e. The Balaban J connectivity index is 2.35.